The van der Waals surface area contributed by atoms with Crippen LogP contribution in [0.5, 0.6) is 0 Å². The maximum atomic E-state index is 11.6. The smallest absolute Gasteiger partial charge is 0.235 e. The summed E-state index contributed by atoms with van der Waals surface area (Å²) in [5.41, 5.74) is 0.838. The fourth-order valence-corrected chi connectivity index (χ4v) is 2.33. The average molecular weight is 290 g/mol. The van der Waals surface area contributed by atoms with E-state index >= 15 is 0 Å². The molecule has 1 aromatic carbocycles. The van der Waals surface area contributed by atoms with Crippen molar-refractivity contribution in [2.45, 2.75) is 19.9 Å². The van der Waals surface area contributed by atoms with Gasteiger partial charge in [0.05, 0.1) is 6.04 Å². The number of halogens is 1. The van der Waals surface area contributed by atoms with Gasteiger partial charge < -0.3 is 5.32 Å². The Hall–Kier alpha value is -1.07. The molecule has 0 bridgehead atoms. The van der Waals surface area contributed by atoms with E-state index in [2.05, 4.69) is 5.32 Å². The zero-order chi connectivity index (χ0) is 13.8. The molecule has 0 fully saturated rings. The number of carbonyl (C=O) groups excluding carboxylic acids is 1. The van der Waals surface area contributed by atoms with Gasteiger partial charge >= 0.3 is 0 Å². The summed E-state index contributed by atoms with van der Waals surface area (Å²) >= 11 is 5.85. The van der Waals surface area contributed by atoms with Crippen LogP contribution in [0.3, 0.4) is 0 Å². The molecule has 18 heavy (non-hydrogen) atoms. The molecule has 6 heteroatoms. The first-order chi connectivity index (χ1) is 8.34. The van der Waals surface area contributed by atoms with Crippen molar-refractivity contribution < 1.29 is 13.2 Å². The highest BCUT2D eigenvalue weighted by atomic mass is 35.5. The third kappa shape index (κ3) is 4.66. The van der Waals surface area contributed by atoms with Crippen LogP contribution in [0, 0.1) is 0 Å². The lowest BCUT2D eigenvalue weighted by Gasteiger charge is -2.14. The number of benzene rings is 1. The summed E-state index contributed by atoms with van der Waals surface area (Å²) in [6.45, 7) is 3.30. The van der Waals surface area contributed by atoms with E-state index in [1.807, 2.05) is 6.07 Å². The molecule has 1 unspecified atom stereocenters. The normalized spacial score (nSPS) is 13.1. The Labute approximate surface area is 112 Å². The summed E-state index contributed by atoms with van der Waals surface area (Å²) < 4.78 is 22.6. The Morgan fingerprint density at radius 2 is 2.11 bits per heavy atom. The quantitative estimate of drug-likeness (QED) is 0.901. The second kappa shape index (κ2) is 6.20. The number of amides is 1. The SMILES string of the molecule is CCS(=O)(=O)CC(=O)NC(C)c1cccc(Cl)c1. The Kier molecular flexibility index (Phi) is 5.16. The van der Waals surface area contributed by atoms with Gasteiger partial charge in [0.2, 0.25) is 5.91 Å². The fourth-order valence-electron chi connectivity index (χ4n) is 1.44. The van der Waals surface area contributed by atoms with E-state index in [1.165, 1.54) is 6.92 Å². The minimum absolute atomic E-state index is 0.0357. The van der Waals surface area contributed by atoms with E-state index in [4.69, 9.17) is 11.6 Å². The number of sulfone groups is 1. The van der Waals surface area contributed by atoms with Crippen LogP contribution in [-0.4, -0.2) is 25.8 Å². The van der Waals surface area contributed by atoms with Crippen molar-refractivity contribution in [3.8, 4) is 0 Å². The Balaban J connectivity index is 2.66. The van der Waals surface area contributed by atoms with Gasteiger partial charge in [-0.25, -0.2) is 8.42 Å². The molecule has 0 aromatic heterocycles. The third-order valence-corrected chi connectivity index (χ3v) is 4.33. The molecule has 0 heterocycles. The van der Waals surface area contributed by atoms with Crippen LogP contribution in [0.15, 0.2) is 24.3 Å². The zero-order valence-electron chi connectivity index (χ0n) is 10.3. The standard InChI is InChI=1S/C12H16ClNO3S/c1-3-18(16,17)8-12(15)14-9(2)10-5-4-6-11(13)7-10/h4-7,9H,3,8H2,1-2H3,(H,14,15). The lowest BCUT2D eigenvalue weighted by molar-refractivity contribution is -0.119. The van der Waals surface area contributed by atoms with Gasteiger partial charge in [-0.05, 0) is 24.6 Å². The van der Waals surface area contributed by atoms with Crippen molar-refractivity contribution in [2.75, 3.05) is 11.5 Å². The molecule has 1 rings (SSSR count). The van der Waals surface area contributed by atoms with Crippen LogP contribution in [0.1, 0.15) is 25.5 Å². The predicted molar refractivity (Wildman–Crippen MR) is 72.3 cm³/mol. The van der Waals surface area contributed by atoms with E-state index in [9.17, 15) is 13.2 Å². The van der Waals surface area contributed by atoms with Crippen LogP contribution < -0.4 is 5.32 Å². The van der Waals surface area contributed by atoms with Crippen molar-refractivity contribution >= 4 is 27.3 Å². The fraction of sp³-hybridized carbons (Fsp3) is 0.417. The van der Waals surface area contributed by atoms with Gasteiger partial charge in [-0.1, -0.05) is 30.7 Å². The lowest BCUT2D eigenvalue weighted by Crippen LogP contribution is -2.32. The number of nitrogens with one attached hydrogen (secondary N) is 1. The summed E-state index contributed by atoms with van der Waals surface area (Å²) in [7, 11) is -3.29. The van der Waals surface area contributed by atoms with E-state index in [-0.39, 0.29) is 11.8 Å². The summed E-state index contributed by atoms with van der Waals surface area (Å²) in [4.78, 5) is 11.6. The molecule has 100 valence electrons. The largest absolute Gasteiger partial charge is 0.349 e. The van der Waals surface area contributed by atoms with Crippen LogP contribution in [-0.2, 0) is 14.6 Å². The van der Waals surface area contributed by atoms with Gasteiger partial charge in [-0.15, -0.1) is 0 Å². The molecule has 4 nitrogen and oxygen atoms in total. The molecule has 1 amide bonds. The molecule has 1 atom stereocenters. The van der Waals surface area contributed by atoms with E-state index in [1.54, 1.807) is 25.1 Å². The minimum atomic E-state index is -3.29. The average Bonchev–Trinajstić information content (AvgIpc) is 2.28. The number of rotatable bonds is 5. The van der Waals surface area contributed by atoms with Gasteiger partial charge in [0, 0.05) is 10.8 Å². The van der Waals surface area contributed by atoms with Crippen LogP contribution in [0.25, 0.3) is 0 Å². The van der Waals surface area contributed by atoms with Crippen molar-refractivity contribution in [1.82, 2.24) is 5.32 Å². The van der Waals surface area contributed by atoms with E-state index < -0.39 is 21.5 Å². The number of hydrogen-bond donors (Lipinski definition) is 1. The highest BCUT2D eigenvalue weighted by molar-refractivity contribution is 7.92. The molecular formula is C12H16ClNO3S. The van der Waals surface area contributed by atoms with Gasteiger partial charge in [0.25, 0.3) is 0 Å². The minimum Gasteiger partial charge on any atom is -0.349 e. The maximum Gasteiger partial charge on any atom is 0.235 e. The molecule has 0 aliphatic carbocycles. The molecule has 0 aliphatic rings. The molecule has 0 saturated heterocycles. The predicted octanol–water partition coefficient (Wildman–Crippen LogP) is 1.95. The van der Waals surface area contributed by atoms with E-state index in [0.29, 0.717) is 5.02 Å². The lowest BCUT2D eigenvalue weighted by atomic mass is 10.1. The molecule has 0 spiro atoms. The number of carbonyl (C=O) groups is 1. The first-order valence-electron chi connectivity index (χ1n) is 5.59. The summed E-state index contributed by atoms with van der Waals surface area (Å²) in [5, 5.41) is 3.22. The zero-order valence-corrected chi connectivity index (χ0v) is 11.9. The molecular weight excluding hydrogens is 274 g/mol. The topological polar surface area (TPSA) is 63.2 Å². The Morgan fingerprint density at radius 3 is 2.67 bits per heavy atom. The first kappa shape index (κ1) is 15.0. The van der Waals surface area contributed by atoms with Crippen LogP contribution in [0.4, 0.5) is 0 Å². The van der Waals surface area contributed by atoms with Gasteiger partial charge in [0.15, 0.2) is 9.84 Å². The highest BCUT2D eigenvalue weighted by Gasteiger charge is 2.16. The second-order valence-corrected chi connectivity index (χ2v) is 6.81. The monoisotopic (exact) mass is 289 g/mol. The molecule has 0 aliphatic heterocycles. The van der Waals surface area contributed by atoms with Gasteiger partial charge in [0.1, 0.15) is 5.75 Å². The molecule has 1 N–H and O–H groups in total. The van der Waals surface area contributed by atoms with Crippen molar-refractivity contribution in [2.24, 2.45) is 0 Å². The Bertz CT molecular complexity index is 528. The van der Waals surface area contributed by atoms with E-state index in [0.717, 1.165) is 5.56 Å². The Morgan fingerprint density at radius 1 is 1.44 bits per heavy atom. The van der Waals surface area contributed by atoms with Crippen molar-refractivity contribution in [3.05, 3.63) is 34.9 Å². The molecule has 1 aromatic rings. The van der Waals surface area contributed by atoms with Gasteiger partial charge in [-0.2, -0.15) is 0 Å². The summed E-state index contributed by atoms with van der Waals surface area (Å²) in [6.07, 6.45) is 0. The summed E-state index contributed by atoms with van der Waals surface area (Å²) in [6, 6.07) is 6.80. The third-order valence-electron chi connectivity index (χ3n) is 2.52. The van der Waals surface area contributed by atoms with Crippen molar-refractivity contribution in [1.29, 1.82) is 0 Å². The summed E-state index contributed by atoms with van der Waals surface area (Å²) in [5.74, 6) is -1.01. The highest BCUT2D eigenvalue weighted by Crippen LogP contribution is 2.17. The maximum absolute atomic E-state index is 11.6. The molecule has 0 radical (unpaired) electrons. The second-order valence-electron chi connectivity index (χ2n) is 4.02. The van der Waals surface area contributed by atoms with Gasteiger partial charge in [-0.3, -0.25) is 4.79 Å². The van der Waals surface area contributed by atoms with Crippen LogP contribution in [0.2, 0.25) is 5.02 Å². The number of hydrogen-bond acceptors (Lipinski definition) is 3. The molecule has 0 saturated carbocycles. The van der Waals surface area contributed by atoms with Crippen molar-refractivity contribution in [3.63, 3.8) is 0 Å². The van der Waals surface area contributed by atoms with Crippen LogP contribution >= 0.6 is 11.6 Å². The first-order valence-corrected chi connectivity index (χ1v) is 7.79.